The van der Waals surface area contributed by atoms with Gasteiger partial charge in [0.25, 0.3) is 0 Å². The van der Waals surface area contributed by atoms with Gasteiger partial charge in [0.1, 0.15) is 0 Å². The number of imidazole rings is 1. The average Bonchev–Trinajstić information content (AvgIpc) is 3.58. The van der Waals surface area contributed by atoms with E-state index in [9.17, 15) is 14.7 Å². The molecule has 2 saturated carbocycles. The third-order valence-corrected chi connectivity index (χ3v) is 8.29. The SMILES string of the molecule is COC(=O)N1c2ccc3c(nc(C4(Oc5ccccn5)CC4)n3[C@H]3CC[C@H](C(=O)O)CC3)c2CC[C@@H]1C. The van der Waals surface area contributed by atoms with Crippen LogP contribution in [-0.2, 0) is 21.6 Å². The number of methoxy groups -OCH3 is 1. The van der Waals surface area contributed by atoms with Gasteiger partial charge >= 0.3 is 12.1 Å². The van der Waals surface area contributed by atoms with Crippen molar-refractivity contribution < 1.29 is 24.2 Å². The molecule has 1 aromatic carbocycles. The van der Waals surface area contributed by atoms with Crippen LogP contribution in [0.3, 0.4) is 0 Å². The molecule has 6 rings (SSSR count). The first-order valence-corrected chi connectivity index (χ1v) is 13.2. The van der Waals surface area contributed by atoms with E-state index in [1.807, 2.05) is 31.2 Å². The fraction of sp³-hybridized carbons (Fsp3) is 0.500. The zero-order chi connectivity index (χ0) is 25.7. The van der Waals surface area contributed by atoms with E-state index in [1.165, 1.54) is 7.11 Å². The molecule has 37 heavy (non-hydrogen) atoms. The molecule has 0 radical (unpaired) electrons. The number of hydrogen-bond donors (Lipinski definition) is 1. The zero-order valence-corrected chi connectivity index (χ0v) is 21.2. The second kappa shape index (κ2) is 9.04. The molecule has 2 aliphatic carbocycles. The molecule has 1 amide bonds. The summed E-state index contributed by atoms with van der Waals surface area (Å²) in [5.41, 5.74) is 3.24. The Balaban J connectivity index is 1.48. The summed E-state index contributed by atoms with van der Waals surface area (Å²) in [5.74, 6) is 0.443. The largest absolute Gasteiger partial charge is 0.481 e. The van der Waals surface area contributed by atoms with E-state index in [0.29, 0.717) is 18.7 Å². The van der Waals surface area contributed by atoms with E-state index in [-0.39, 0.29) is 24.1 Å². The van der Waals surface area contributed by atoms with Crippen LogP contribution in [0.1, 0.15) is 69.3 Å². The van der Waals surface area contributed by atoms with Crippen LogP contribution < -0.4 is 9.64 Å². The Morgan fingerprint density at radius 3 is 2.51 bits per heavy atom. The lowest BCUT2D eigenvalue weighted by atomic mass is 9.85. The van der Waals surface area contributed by atoms with Gasteiger partial charge in [-0.15, -0.1) is 0 Å². The number of amides is 1. The van der Waals surface area contributed by atoms with Gasteiger partial charge < -0.3 is 19.1 Å². The Kier molecular flexibility index (Phi) is 5.81. The lowest BCUT2D eigenvalue weighted by Crippen LogP contribution is -2.42. The highest BCUT2D eigenvalue weighted by Gasteiger charge is 2.53. The predicted octanol–water partition coefficient (Wildman–Crippen LogP) is 5.22. The number of hydrogen-bond acceptors (Lipinski definition) is 6. The molecule has 3 aromatic rings. The fourth-order valence-corrected chi connectivity index (χ4v) is 6.14. The number of benzene rings is 1. The molecular formula is C28H32N4O5. The van der Waals surface area contributed by atoms with Crippen LogP contribution in [0.2, 0.25) is 0 Å². The lowest BCUT2D eigenvalue weighted by Gasteiger charge is -2.34. The highest BCUT2D eigenvalue weighted by molar-refractivity contribution is 5.95. The van der Waals surface area contributed by atoms with Crippen LogP contribution in [0, 0.1) is 5.92 Å². The Morgan fingerprint density at radius 2 is 1.86 bits per heavy atom. The minimum atomic E-state index is -0.711. The van der Waals surface area contributed by atoms with E-state index >= 15 is 0 Å². The minimum absolute atomic E-state index is 0.0347. The van der Waals surface area contributed by atoms with Gasteiger partial charge in [-0.25, -0.2) is 14.8 Å². The summed E-state index contributed by atoms with van der Waals surface area (Å²) in [6.07, 6.45) is 7.51. The van der Waals surface area contributed by atoms with Crippen LogP contribution in [0.15, 0.2) is 36.5 Å². The van der Waals surface area contributed by atoms with Gasteiger partial charge in [-0.3, -0.25) is 9.69 Å². The number of nitrogens with zero attached hydrogens (tertiary/aromatic N) is 4. The number of aromatic nitrogens is 3. The van der Waals surface area contributed by atoms with Gasteiger partial charge in [-0.05, 0) is 76.5 Å². The van der Waals surface area contributed by atoms with Gasteiger partial charge in [-0.2, -0.15) is 0 Å². The van der Waals surface area contributed by atoms with Crippen LogP contribution in [0.25, 0.3) is 11.0 Å². The lowest BCUT2D eigenvalue weighted by molar-refractivity contribution is -0.143. The average molecular weight is 505 g/mol. The van der Waals surface area contributed by atoms with Crippen molar-refractivity contribution in [3.05, 3.63) is 47.9 Å². The summed E-state index contributed by atoms with van der Waals surface area (Å²) in [4.78, 5) is 35.6. The highest BCUT2D eigenvalue weighted by atomic mass is 16.5. The molecular weight excluding hydrogens is 472 g/mol. The molecule has 2 aromatic heterocycles. The number of aliphatic carboxylic acids is 1. The minimum Gasteiger partial charge on any atom is -0.481 e. The van der Waals surface area contributed by atoms with Gasteiger partial charge in [-0.1, -0.05) is 6.07 Å². The third-order valence-electron chi connectivity index (χ3n) is 8.29. The molecule has 1 N–H and O–H groups in total. The molecule has 2 fully saturated rings. The van der Waals surface area contributed by atoms with Crippen molar-refractivity contribution in [2.24, 2.45) is 5.92 Å². The Morgan fingerprint density at radius 1 is 1.08 bits per heavy atom. The quantitative estimate of drug-likeness (QED) is 0.507. The summed E-state index contributed by atoms with van der Waals surface area (Å²) in [6, 6.07) is 9.87. The number of pyridine rings is 1. The third kappa shape index (κ3) is 4.01. The summed E-state index contributed by atoms with van der Waals surface area (Å²) in [5, 5.41) is 9.54. The molecule has 0 spiro atoms. The zero-order valence-electron chi connectivity index (χ0n) is 21.2. The number of fused-ring (bicyclic) bond motifs is 3. The normalized spacial score (nSPS) is 24.4. The number of rotatable bonds is 5. The number of carboxylic acids is 1. The van der Waals surface area contributed by atoms with E-state index < -0.39 is 11.6 Å². The number of aryl methyl sites for hydroxylation is 1. The molecule has 9 heteroatoms. The predicted molar refractivity (Wildman–Crippen MR) is 137 cm³/mol. The maximum absolute atomic E-state index is 12.7. The maximum Gasteiger partial charge on any atom is 0.414 e. The van der Waals surface area contributed by atoms with Crippen molar-refractivity contribution in [2.45, 2.75) is 76.0 Å². The van der Waals surface area contributed by atoms with E-state index in [2.05, 4.69) is 15.6 Å². The Bertz CT molecular complexity index is 1340. The first-order chi connectivity index (χ1) is 17.9. The summed E-state index contributed by atoms with van der Waals surface area (Å²) < 4.78 is 13.9. The van der Waals surface area contributed by atoms with Gasteiger partial charge in [0.05, 0.1) is 29.7 Å². The van der Waals surface area contributed by atoms with Crippen LogP contribution in [-0.4, -0.2) is 44.9 Å². The molecule has 3 heterocycles. The smallest absolute Gasteiger partial charge is 0.414 e. The van der Waals surface area contributed by atoms with Crippen molar-refractivity contribution >= 4 is 28.8 Å². The van der Waals surface area contributed by atoms with Gasteiger partial charge in [0, 0.05) is 29.9 Å². The van der Waals surface area contributed by atoms with Crippen LogP contribution >= 0.6 is 0 Å². The van der Waals surface area contributed by atoms with Crippen LogP contribution in [0.5, 0.6) is 5.88 Å². The molecule has 194 valence electrons. The van der Waals surface area contributed by atoms with Crippen molar-refractivity contribution in [3.63, 3.8) is 0 Å². The van der Waals surface area contributed by atoms with Gasteiger partial charge in [0.15, 0.2) is 11.4 Å². The Labute approximate surface area is 215 Å². The number of ether oxygens (including phenoxy) is 2. The first-order valence-electron chi connectivity index (χ1n) is 13.2. The van der Waals surface area contributed by atoms with Crippen molar-refractivity contribution in [2.75, 3.05) is 12.0 Å². The standard InChI is InChI=1S/C28H32N4O5/c1-17-6-11-20-21(31(17)27(35)36-2)12-13-22-24(20)30-26(28(14-15-28)37-23-5-3-4-16-29-23)32(22)19-9-7-18(8-10-19)25(33)34/h3-5,12-13,16-19H,6-11,14-15H2,1-2H3,(H,33,34)/t17-,18-,19-/m0/s1. The second-order valence-electron chi connectivity index (χ2n) is 10.6. The highest BCUT2D eigenvalue weighted by Crippen LogP contribution is 2.52. The molecule has 0 unspecified atom stereocenters. The molecule has 0 bridgehead atoms. The fourth-order valence-electron chi connectivity index (χ4n) is 6.14. The first kappa shape index (κ1) is 23.8. The Hall–Kier alpha value is -3.62. The maximum atomic E-state index is 12.7. The van der Waals surface area contributed by atoms with E-state index in [4.69, 9.17) is 14.5 Å². The van der Waals surface area contributed by atoms with E-state index in [0.717, 1.165) is 66.6 Å². The van der Waals surface area contributed by atoms with Crippen molar-refractivity contribution in [3.8, 4) is 5.88 Å². The summed E-state index contributed by atoms with van der Waals surface area (Å²) >= 11 is 0. The number of carbonyl (C=O) groups is 2. The number of anilines is 1. The molecule has 0 saturated heterocycles. The molecule has 1 aliphatic heterocycles. The molecule has 9 nitrogen and oxygen atoms in total. The van der Waals surface area contributed by atoms with Crippen molar-refractivity contribution in [1.82, 2.24) is 14.5 Å². The van der Waals surface area contributed by atoms with Gasteiger partial charge in [0.2, 0.25) is 5.88 Å². The summed E-state index contributed by atoms with van der Waals surface area (Å²) in [7, 11) is 1.41. The number of carboxylic acid groups (broad SMARTS) is 1. The second-order valence-corrected chi connectivity index (χ2v) is 10.6. The van der Waals surface area contributed by atoms with E-state index in [1.54, 1.807) is 11.1 Å². The number of carbonyl (C=O) groups excluding carboxylic acids is 1. The topological polar surface area (TPSA) is 107 Å². The van der Waals surface area contributed by atoms with Crippen molar-refractivity contribution in [1.29, 1.82) is 0 Å². The molecule has 1 atom stereocenters. The summed E-state index contributed by atoms with van der Waals surface area (Å²) in [6.45, 7) is 2.04. The molecule has 3 aliphatic rings. The monoisotopic (exact) mass is 504 g/mol. The van der Waals surface area contributed by atoms with Crippen LogP contribution in [0.4, 0.5) is 10.5 Å².